The number of aliphatic hydroxyl groups is 6. The topological polar surface area (TPSA) is 387 Å². The molecule has 31 heteroatoms. The molecule has 7 aliphatic rings. The van der Waals surface area contributed by atoms with Gasteiger partial charge in [0.15, 0.2) is 31.1 Å². The molecule has 31 nitrogen and oxygen atoms in total. The lowest BCUT2D eigenvalue weighted by atomic mass is 9.76. The number of likely N-dealkylation sites (N-methyl/N-ethyl adjacent to an activating group) is 2. The van der Waals surface area contributed by atoms with Crippen molar-refractivity contribution in [2.24, 2.45) is 47.3 Å². The zero-order valence-electron chi connectivity index (χ0n) is 77.5. The molecule has 4 aromatic rings. The van der Waals surface area contributed by atoms with Gasteiger partial charge in [-0.25, -0.2) is 19.2 Å². The number of carbonyl (C=O) groups is 6. The van der Waals surface area contributed by atoms with Gasteiger partial charge in [-0.2, -0.15) is 0 Å². The van der Waals surface area contributed by atoms with Crippen LogP contribution in [0.4, 0.5) is 19.2 Å². The van der Waals surface area contributed by atoms with Crippen molar-refractivity contribution < 1.29 is 140 Å². The number of ether oxygens (including phenoxy) is 17. The van der Waals surface area contributed by atoms with Crippen molar-refractivity contribution in [1.29, 1.82) is 0 Å². The number of methoxy groups -OCH3 is 1. The van der Waals surface area contributed by atoms with Crippen LogP contribution < -0.4 is 0 Å². The number of cyclic esters (lactones) is 2. The van der Waals surface area contributed by atoms with Gasteiger partial charge >= 0.3 is 36.4 Å². The summed E-state index contributed by atoms with van der Waals surface area (Å²) in [6.45, 7) is 31.6. The van der Waals surface area contributed by atoms with E-state index < -0.39 is 229 Å². The summed E-state index contributed by atoms with van der Waals surface area (Å²) in [5.74, 6) is -6.79. The normalized spacial score (nSPS) is 37.3. The van der Waals surface area contributed by atoms with Crippen molar-refractivity contribution in [2.45, 2.75) is 353 Å². The van der Waals surface area contributed by atoms with Crippen LogP contribution in [-0.4, -0.2) is 255 Å². The molecule has 0 spiro atoms. The SMILES string of the molecule is CC[C@@H](O)[C@@](C)(O)[C@@H]1OC(=O)[C@H](C)[C@@H](O)[C@H](C)[C@@H](O[C@@H]2OC(C)CC(N(C)C(=O)OCc3ccccc3)C2OC(=O)OCc2ccccc2)[C@@]2(C)CC(C)C(O2)[C@@H]1C.CC[C@@H](O)[C@@](C)(O)[C@@H]1OC(=O)[C@H](C)[C@@H](O[C@H]2CC(C)(OC)[C@@H](O)C(C)O2)[C@H](C)[C@@H](O[C@@H]2OC(C)CC(N(C)C(=O)OCc3ccccc3)C2OC(=O)OCc2ccccc2)[C@@]2(C)CC(C)C(O2)[C@@H]1C. The molecule has 127 heavy (non-hydrogen) atoms. The number of hydrogen-bond acceptors (Lipinski definition) is 29. The van der Waals surface area contributed by atoms with Crippen LogP contribution in [-0.2, 0) is 117 Å². The molecule has 12 unspecified atom stereocenters. The molecular weight excluding hydrogens is 1650 g/mol. The first-order valence-corrected chi connectivity index (χ1v) is 44.9. The Hall–Kier alpha value is -7.70. The zero-order valence-corrected chi connectivity index (χ0v) is 77.5. The van der Waals surface area contributed by atoms with Crippen molar-refractivity contribution in [2.75, 3.05) is 21.2 Å². The molecule has 7 heterocycles. The molecule has 0 radical (unpaired) electrons. The van der Waals surface area contributed by atoms with E-state index in [2.05, 4.69) is 0 Å². The summed E-state index contributed by atoms with van der Waals surface area (Å²) < 4.78 is 107. The summed E-state index contributed by atoms with van der Waals surface area (Å²) in [5.41, 5.74) is -4.04. The summed E-state index contributed by atoms with van der Waals surface area (Å²) in [5, 5.41) is 68.8. The van der Waals surface area contributed by atoms with Crippen LogP contribution in [0.2, 0.25) is 0 Å². The number of amides is 2. The van der Waals surface area contributed by atoms with Crippen LogP contribution >= 0.6 is 0 Å². The highest BCUT2D eigenvalue weighted by atomic mass is 16.8. The summed E-state index contributed by atoms with van der Waals surface area (Å²) in [6.07, 6.45) is -21.0. The highest BCUT2D eigenvalue weighted by molar-refractivity contribution is 5.74. The number of fused-ring (bicyclic) bond motifs is 4. The average Bonchev–Trinajstić information content (AvgIpc) is 1.62. The van der Waals surface area contributed by atoms with Crippen molar-refractivity contribution >= 4 is 36.4 Å². The Morgan fingerprint density at radius 1 is 0.488 bits per heavy atom. The maximum Gasteiger partial charge on any atom is 0.509 e. The number of benzene rings is 4. The Bertz CT molecular complexity index is 4180. The standard InChI is InChI=1S/C52H77NO16.C44H63NO13/c1-13-38(54)52(10,59)45-31(4)40-29(2)25-51(9,69-40)44(32(5)41(33(6)46(56)67-45)65-39-26-50(8,60-12)43(55)34(7)64-39)68-47-42(66-49(58)62-28-36-22-18-15-19-23-36)37(24-30(3)63-47)53(11)48(57)61-27-35-20-16-14-17-21-35;1-10-33(46)44(8,51)38-29(6)35-25(2)22-43(7,58-35)37(27(4)34(47)28(5)39(48)56-38)57-40-36(55-42(50)53-24-31-19-15-12-16-20-31)32(21-26(3)54-40)45(9)41(49)52-23-30-17-13-11-14-18-30/h14-23,29-34,37-45,47,54-55,59H,13,24-28H2,1-12H3;11-20,25-29,32-38,40,46-47,51H,10,21-24H2,1-9H3/t29?,30?,31-,32-,33+,34?,37?,38+,39-,40?,41-,42?,43-,44+,45+,47-,50?,51+,52+;25?,26?,27-,28+,29-,32?,33+,34-,35?,36?,37+,38+,40-,43+,44+/m00/s1. The Morgan fingerprint density at radius 3 is 1.20 bits per heavy atom. The van der Waals surface area contributed by atoms with Gasteiger partial charge < -0.3 is 121 Å². The summed E-state index contributed by atoms with van der Waals surface area (Å²) in [6, 6.07) is 35.1. The molecule has 4 bridgehead atoms. The van der Waals surface area contributed by atoms with Crippen molar-refractivity contribution in [1.82, 2.24) is 9.80 Å². The highest BCUT2D eigenvalue weighted by Crippen LogP contribution is 2.52. The van der Waals surface area contributed by atoms with E-state index >= 15 is 0 Å². The van der Waals surface area contributed by atoms with Gasteiger partial charge in [0.25, 0.3) is 0 Å². The third-order valence-electron chi connectivity index (χ3n) is 27.5. The lowest BCUT2D eigenvalue weighted by Crippen LogP contribution is -2.61. The molecule has 7 aliphatic heterocycles. The first-order chi connectivity index (χ1) is 59.9. The second kappa shape index (κ2) is 43.6. The fourth-order valence-corrected chi connectivity index (χ4v) is 20.0. The number of esters is 2. The van der Waals surface area contributed by atoms with E-state index in [1.165, 1.54) is 37.7 Å². The number of aliphatic hydroxyl groups excluding tert-OH is 4. The molecular formula is C96H140N2O29. The second-order valence-electron chi connectivity index (χ2n) is 37.6. The van der Waals surface area contributed by atoms with Gasteiger partial charge in [0.05, 0.1) is 108 Å². The van der Waals surface area contributed by atoms with Crippen LogP contribution in [0.15, 0.2) is 121 Å². The van der Waals surface area contributed by atoms with Crippen LogP contribution in [0.25, 0.3) is 0 Å². The Kier molecular flexibility index (Phi) is 34.8. The van der Waals surface area contributed by atoms with E-state index in [9.17, 15) is 59.4 Å². The third kappa shape index (κ3) is 24.0. The smallest absolute Gasteiger partial charge is 0.459 e. The lowest BCUT2D eigenvalue weighted by molar-refractivity contribution is -0.318. The minimum Gasteiger partial charge on any atom is -0.459 e. The molecule has 4 aromatic carbocycles. The Morgan fingerprint density at radius 2 is 0.843 bits per heavy atom. The van der Waals surface area contributed by atoms with Crippen LogP contribution in [0.3, 0.4) is 0 Å². The van der Waals surface area contributed by atoms with Crippen LogP contribution in [0.1, 0.15) is 192 Å². The number of carbonyl (C=O) groups excluding carboxylic acids is 6. The Balaban J connectivity index is 0.000000269. The number of hydrogen-bond donors (Lipinski definition) is 6. The van der Waals surface area contributed by atoms with Gasteiger partial charge in [-0.1, -0.05) is 177 Å². The van der Waals surface area contributed by atoms with Crippen molar-refractivity contribution in [3.8, 4) is 0 Å². The molecule has 0 saturated carbocycles. The maximum absolute atomic E-state index is 14.7. The summed E-state index contributed by atoms with van der Waals surface area (Å²) in [7, 11) is 4.62. The van der Waals surface area contributed by atoms with Gasteiger partial charge in [0, 0.05) is 51.3 Å². The quantitative estimate of drug-likeness (QED) is 0.0265. The maximum atomic E-state index is 14.7. The number of rotatable bonds is 25. The summed E-state index contributed by atoms with van der Waals surface area (Å²) in [4.78, 5) is 86.0. The molecule has 7 fully saturated rings. The first kappa shape index (κ1) is 101. The minimum absolute atomic E-state index is 0.00208. The largest absolute Gasteiger partial charge is 0.509 e. The molecule has 708 valence electrons. The molecule has 6 N–H and O–H groups in total. The fourth-order valence-electron chi connectivity index (χ4n) is 20.0. The first-order valence-electron chi connectivity index (χ1n) is 44.9. The molecule has 2 amide bonds. The van der Waals surface area contributed by atoms with E-state index in [1.807, 2.05) is 184 Å². The van der Waals surface area contributed by atoms with E-state index in [1.54, 1.807) is 55.6 Å². The van der Waals surface area contributed by atoms with Crippen LogP contribution in [0, 0.1) is 47.3 Å². The van der Waals surface area contributed by atoms with E-state index in [4.69, 9.17) is 80.5 Å². The van der Waals surface area contributed by atoms with Gasteiger partial charge in [0.1, 0.15) is 55.9 Å². The number of nitrogens with zero attached hydrogens (tertiary/aromatic N) is 2. The van der Waals surface area contributed by atoms with E-state index in [-0.39, 0.29) is 70.4 Å². The van der Waals surface area contributed by atoms with Gasteiger partial charge in [-0.3, -0.25) is 9.59 Å². The van der Waals surface area contributed by atoms with E-state index in [0.29, 0.717) is 12.8 Å². The highest BCUT2D eigenvalue weighted by Gasteiger charge is 2.62. The fraction of sp³-hybridized carbons (Fsp3) is 0.688. The molecule has 11 rings (SSSR count). The van der Waals surface area contributed by atoms with Gasteiger partial charge in [0.2, 0.25) is 0 Å². The molecule has 0 aliphatic carbocycles. The predicted octanol–water partition coefficient (Wildman–Crippen LogP) is 12.5. The average molecular weight is 1790 g/mol. The third-order valence-corrected chi connectivity index (χ3v) is 27.5. The van der Waals surface area contributed by atoms with E-state index in [0.717, 1.165) is 22.3 Å². The summed E-state index contributed by atoms with van der Waals surface area (Å²) >= 11 is 0. The monoisotopic (exact) mass is 1780 g/mol. The molecule has 0 aromatic heterocycles. The Labute approximate surface area is 747 Å². The van der Waals surface area contributed by atoms with Gasteiger partial charge in [-0.15, -0.1) is 0 Å². The molecule has 34 atom stereocenters. The zero-order chi connectivity index (χ0) is 93.1. The molecule has 7 saturated heterocycles. The predicted molar refractivity (Wildman–Crippen MR) is 461 cm³/mol. The minimum atomic E-state index is -1.88. The van der Waals surface area contributed by atoms with Crippen LogP contribution in [0.5, 0.6) is 0 Å². The lowest BCUT2D eigenvalue weighted by Gasteiger charge is -2.49. The van der Waals surface area contributed by atoms with Gasteiger partial charge in [-0.05, 0) is 142 Å². The second-order valence-corrected chi connectivity index (χ2v) is 37.6. The van der Waals surface area contributed by atoms with Crippen molar-refractivity contribution in [3.05, 3.63) is 144 Å². The van der Waals surface area contributed by atoms with Crippen molar-refractivity contribution in [3.63, 3.8) is 0 Å².